The van der Waals surface area contributed by atoms with E-state index in [1.165, 1.54) is 11.1 Å². The Morgan fingerprint density at radius 2 is 2.00 bits per heavy atom. The van der Waals surface area contributed by atoms with Crippen LogP contribution in [0.15, 0.2) is 47.0 Å². The molecule has 27 heavy (non-hydrogen) atoms. The number of benzene rings is 2. The second-order valence-corrected chi connectivity index (χ2v) is 7.35. The first-order valence-electron chi connectivity index (χ1n) is 9.01. The number of hydrogen-bond donors (Lipinski definition) is 2. The summed E-state index contributed by atoms with van der Waals surface area (Å²) in [7, 11) is 1.70. The van der Waals surface area contributed by atoms with Gasteiger partial charge in [0.25, 0.3) is 0 Å². The number of hydrazine groups is 1. The minimum Gasteiger partial charge on any atom is -0.497 e. The van der Waals surface area contributed by atoms with Crippen molar-refractivity contribution in [3.05, 3.63) is 64.5 Å². The molecular weight excluding hydrogens is 364 g/mol. The van der Waals surface area contributed by atoms with Crippen molar-refractivity contribution in [3.8, 4) is 17.1 Å². The fourth-order valence-corrected chi connectivity index (χ4v) is 4.36. The number of rotatable bonds is 3. The Morgan fingerprint density at radius 3 is 2.85 bits per heavy atom. The summed E-state index contributed by atoms with van der Waals surface area (Å²) in [5.41, 5.74) is 10.2. The van der Waals surface area contributed by atoms with Gasteiger partial charge in [-0.25, -0.2) is 10.9 Å². The van der Waals surface area contributed by atoms with E-state index in [2.05, 4.69) is 33.1 Å². The van der Waals surface area contributed by atoms with Crippen LogP contribution in [0.3, 0.4) is 0 Å². The Kier molecular flexibility index (Phi) is 4.11. The molecule has 0 radical (unpaired) electrons. The van der Waals surface area contributed by atoms with Crippen molar-refractivity contribution in [3.63, 3.8) is 0 Å². The lowest BCUT2D eigenvalue weighted by Gasteiger charge is -2.29. The molecule has 2 heterocycles. The van der Waals surface area contributed by atoms with Gasteiger partial charge in [0.15, 0.2) is 0 Å². The molecule has 0 saturated carbocycles. The molecule has 7 heteroatoms. The van der Waals surface area contributed by atoms with Gasteiger partial charge in [-0.15, -0.1) is 0 Å². The van der Waals surface area contributed by atoms with E-state index in [-0.39, 0.29) is 12.1 Å². The topological polar surface area (TPSA) is 72.2 Å². The zero-order valence-electron chi connectivity index (χ0n) is 14.8. The van der Waals surface area contributed by atoms with Crippen molar-refractivity contribution < 1.29 is 9.26 Å². The smallest absolute Gasteiger partial charge is 0.245 e. The number of aromatic nitrogens is 2. The zero-order chi connectivity index (χ0) is 18.4. The molecule has 0 amide bonds. The highest BCUT2D eigenvalue weighted by atomic mass is 35.5. The highest BCUT2D eigenvalue weighted by Crippen LogP contribution is 2.45. The second kappa shape index (κ2) is 6.64. The summed E-state index contributed by atoms with van der Waals surface area (Å²) >= 11 is 6.26. The van der Waals surface area contributed by atoms with Gasteiger partial charge in [0, 0.05) is 11.5 Å². The lowest BCUT2D eigenvalue weighted by atomic mass is 9.77. The highest BCUT2D eigenvalue weighted by molar-refractivity contribution is 6.33. The second-order valence-electron chi connectivity index (χ2n) is 6.95. The summed E-state index contributed by atoms with van der Waals surface area (Å²) in [5, 5.41) is 4.75. The predicted molar refractivity (Wildman–Crippen MR) is 101 cm³/mol. The molecule has 0 spiro atoms. The van der Waals surface area contributed by atoms with Crippen LogP contribution in [0.2, 0.25) is 5.02 Å². The molecule has 1 fully saturated rings. The van der Waals surface area contributed by atoms with Gasteiger partial charge in [0.2, 0.25) is 11.7 Å². The van der Waals surface area contributed by atoms with Crippen molar-refractivity contribution >= 4 is 11.6 Å². The fourth-order valence-electron chi connectivity index (χ4n) is 4.14. The third-order valence-electron chi connectivity index (χ3n) is 5.51. The number of halogens is 1. The summed E-state index contributed by atoms with van der Waals surface area (Å²) in [6.07, 6.45) is 2.03. The fraction of sp³-hybridized carbons (Fsp3) is 0.300. The quantitative estimate of drug-likeness (QED) is 0.716. The average Bonchev–Trinajstić information content (AvgIpc) is 3.34. The van der Waals surface area contributed by atoms with E-state index in [0.717, 1.165) is 24.2 Å². The minimum atomic E-state index is -0.0333. The Morgan fingerprint density at radius 1 is 1.15 bits per heavy atom. The maximum absolute atomic E-state index is 6.26. The van der Waals surface area contributed by atoms with Crippen molar-refractivity contribution in [1.29, 1.82) is 0 Å². The molecule has 1 aliphatic heterocycles. The van der Waals surface area contributed by atoms with Gasteiger partial charge in [0.05, 0.1) is 18.2 Å². The molecular formula is C20H19ClN4O2. The van der Waals surface area contributed by atoms with Crippen LogP contribution in [-0.2, 0) is 6.42 Å². The minimum absolute atomic E-state index is 0.0333. The van der Waals surface area contributed by atoms with Gasteiger partial charge in [-0.1, -0.05) is 35.0 Å². The molecule has 2 aromatic carbocycles. The first-order chi connectivity index (χ1) is 13.2. The van der Waals surface area contributed by atoms with E-state index < -0.39 is 0 Å². The maximum atomic E-state index is 6.26. The van der Waals surface area contributed by atoms with Crippen molar-refractivity contribution in [1.82, 2.24) is 21.0 Å². The van der Waals surface area contributed by atoms with Gasteiger partial charge >= 0.3 is 0 Å². The summed E-state index contributed by atoms with van der Waals surface area (Å²) in [6, 6.07) is 14.0. The lowest BCUT2D eigenvalue weighted by molar-refractivity contribution is 0.290. The molecule has 1 aliphatic carbocycles. The molecule has 2 N–H and O–H groups in total. The van der Waals surface area contributed by atoms with Crippen LogP contribution >= 0.6 is 11.6 Å². The van der Waals surface area contributed by atoms with Crippen molar-refractivity contribution in [2.24, 2.45) is 5.92 Å². The number of nitrogens with zero attached hydrogens (tertiary/aromatic N) is 2. The average molecular weight is 383 g/mol. The first-order valence-corrected chi connectivity index (χ1v) is 9.39. The molecule has 5 rings (SSSR count). The third kappa shape index (κ3) is 2.81. The van der Waals surface area contributed by atoms with E-state index in [0.29, 0.717) is 22.7 Å². The summed E-state index contributed by atoms with van der Waals surface area (Å²) < 4.78 is 10.9. The van der Waals surface area contributed by atoms with Crippen LogP contribution in [0, 0.1) is 5.92 Å². The monoisotopic (exact) mass is 382 g/mol. The van der Waals surface area contributed by atoms with Crippen LogP contribution in [0.1, 0.15) is 35.5 Å². The summed E-state index contributed by atoms with van der Waals surface area (Å²) in [5.74, 6) is 2.34. The zero-order valence-corrected chi connectivity index (χ0v) is 15.5. The molecule has 1 aromatic heterocycles. The number of ether oxygens (including phenoxy) is 1. The summed E-state index contributed by atoms with van der Waals surface area (Å²) in [6.45, 7) is 0. The molecule has 0 bridgehead atoms. The molecule has 3 aromatic rings. The van der Waals surface area contributed by atoms with E-state index >= 15 is 0 Å². The maximum Gasteiger partial charge on any atom is 0.245 e. The Labute approximate surface area is 161 Å². The molecule has 6 nitrogen and oxygen atoms in total. The van der Waals surface area contributed by atoms with Crippen LogP contribution < -0.4 is 15.6 Å². The van der Waals surface area contributed by atoms with E-state index in [9.17, 15) is 0 Å². The van der Waals surface area contributed by atoms with Crippen molar-refractivity contribution in [2.75, 3.05) is 7.11 Å². The normalized spacial score (nSPS) is 23.7. The van der Waals surface area contributed by atoms with E-state index in [1.807, 2.05) is 30.3 Å². The van der Waals surface area contributed by atoms with Crippen LogP contribution in [-0.4, -0.2) is 17.3 Å². The van der Waals surface area contributed by atoms with Gasteiger partial charge in [-0.3, -0.25) is 0 Å². The van der Waals surface area contributed by atoms with E-state index in [4.69, 9.17) is 20.9 Å². The van der Waals surface area contributed by atoms with E-state index in [1.54, 1.807) is 7.11 Å². The lowest BCUT2D eigenvalue weighted by Crippen LogP contribution is -2.27. The SMILES string of the molecule is COc1ccc2c(c1)CCC1C(c3nc(-c4ccccc4Cl)no3)NNC21. The van der Waals surface area contributed by atoms with Crippen molar-refractivity contribution in [2.45, 2.75) is 24.9 Å². The van der Waals surface area contributed by atoms with Gasteiger partial charge in [-0.05, 0) is 48.2 Å². The number of fused-ring (bicyclic) bond motifs is 3. The Hall–Kier alpha value is -2.41. The van der Waals surface area contributed by atoms with Gasteiger partial charge in [-0.2, -0.15) is 4.98 Å². The standard InChI is InChI=1S/C20H19ClN4O2/c1-26-12-7-9-13-11(10-12)6-8-15-17(13)23-24-18(15)20-22-19(25-27-20)14-4-2-3-5-16(14)21/h2-5,7,9-10,15,17-18,23-24H,6,8H2,1H3. The molecule has 138 valence electrons. The number of methoxy groups -OCH3 is 1. The molecule has 3 unspecified atom stereocenters. The highest BCUT2D eigenvalue weighted by Gasteiger charge is 2.43. The van der Waals surface area contributed by atoms with Gasteiger partial charge < -0.3 is 9.26 Å². The van der Waals surface area contributed by atoms with Crippen LogP contribution in [0.4, 0.5) is 0 Å². The Bertz CT molecular complexity index is 990. The first kappa shape index (κ1) is 16.7. The number of hydrogen-bond acceptors (Lipinski definition) is 6. The largest absolute Gasteiger partial charge is 0.497 e. The summed E-state index contributed by atoms with van der Waals surface area (Å²) in [4.78, 5) is 4.61. The number of nitrogens with one attached hydrogen (secondary N) is 2. The molecule has 3 atom stereocenters. The van der Waals surface area contributed by atoms with Gasteiger partial charge in [0.1, 0.15) is 11.8 Å². The third-order valence-corrected chi connectivity index (χ3v) is 5.83. The molecule has 2 aliphatic rings. The molecule has 1 saturated heterocycles. The number of aryl methyl sites for hydroxylation is 1. The van der Waals surface area contributed by atoms with Crippen LogP contribution in [0.5, 0.6) is 5.75 Å². The van der Waals surface area contributed by atoms with Crippen LogP contribution in [0.25, 0.3) is 11.4 Å². The predicted octanol–water partition coefficient (Wildman–Crippen LogP) is 3.85. The Balaban J connectivity index is 1.43.